The Bertz CT molecular complexity index is 1120. The Labute approximate surface area is 207 Å². The lowest BCUT2D eigenvalue weighted by atomic mass is 9.95. The van der Waals surface area contributed by atoms with Crippen LogP contribution in [0.15, 0.2) is 53.7 Å². The Morgan fingerprint density at radius 2 is 1.91 bits per heavy atom. The number of methoxy groups -OCH3 is 1. The minimum absolute atomic E-state index is 0.132. The van der Waals surface area contributed by atoms with Gasteiger partial charge < -0.3 is 25.0 Å². The molecule has 174 valence electrons. The number of anilines is 1. The molecule has 0 aromatic heterocycles. The summed E-state index contributed by atoms with van der Waals surface area (Å²) < 4.78 is 10.3. The first-order valence-corrected chi connectivity index (χ1v) is 11.2. The number of hydrogen-bond donors (Lipinski definition) is 2. The Kier molecular flexibility index (Phi) is 8.31. The quantitative estimate of drug-likeness (QED) is 0.322. The van der Waals surface area contributed by atoms with Gasteiger partial charge in [-0.3, -0.25) is 4.79 Å². The molecule has 33 heavy (non-hydrogen) atoms. The van der Waals surface area contributed by atoms with Gasteiger partial charge in [-0.1, -0.05) is 35.3 Å². The van der Waals surface area contributed by atoms with Crippen LogP contribution in [0.25, 0.3) is 0 Å². The second kappa shape index (κ2) is 11.0. The van der Waals surface area contributed by atoms with Crippen LogP contribution in [0.2, 0.25) is 10.0 Å². The molecule has 1 unspecified atom stereocenters. The maximum absolute atomic E-state index is 12.9. The molecular formula is C23H23Cl2N3O4S. The SMILES string of the molecule is COCCOC(=O)C1=C(C)N(C)C(=S)NC1c1cccc(NC(=O)c2ccc(Cl)c(Cl)c2)c1. The maximum Gasteiger partial charge on any atom is 0.338 e. The zero-order chi connectivity index (χ0) is 24.1. The first-order valence-electron chi connectivity index (χ1n) is 10.00. The van der Waals surface area contributed by atoms with Gasteiger partial charge in [0.2, 0.25) is 0 Å². The number of nitrogens with zero attached hydrogens (tertiary/aromatic N) is 1. The number of rotatable bonds is 7. The van der Waals surface area contributed by atoms with Crippen molar-refractivity contribution in [3.63, 3.8) is 0 Å². The molecule has 2 aromatic rings. The van der Waals surface area contributed by atoms with Crippen LogP contribution in [-0.2, 0) is 14.3 Å². The van der Waals surface area contributed by atoms with Crippen molar-refractivity contribution in [2.45, 2.75) is 13.0 Å². The van der Waals surface area contributed by atoms with Crippen LogP contribution in [0.4, 0.5) is 5.69 Å². The van der Waals surface area contributed by atoms with E-state index in [4.69, 9.17) is 44.9 Å². The lowest BCUT2D eigenvalue weighted by molar-refractivity contribution is -0.140. The van der Waals surface area contributed by atoms with Gasteiger partial charge in [-0.15, -0.1) is 0 Å². The summed E-state index contributed by atoms with van der Waals surface area (Å²) in [5, 5.41) is 7.15. The van der Waals surface area contributed by atoms with E-state index >= 15 is 0 Å². The van der Waals surface area contributed by atoms with Crippen molar-refractivity contribution in [2.24, 2.45) is 0 Å². The Balaban J connectivity index is 1.88. The number of thiocarbonyl (C=S) groups is 1. The topological polar surface area (TPSA) is 79.9 Å². The van der Waals surface area contributed by atoms with Crippen LogP contribution in [0.5, 0.6) is 0 Å². The van der Waals surface area contributed by atoms with Crippen molar-refractivity contribution in [1.82, 2.24) is 10.2 Å². The van der Waals surface area contributed by atoms with Gasteiger partial charge in [0.25, 0.3) is 5.91 Å². The number of ether oxygens (including phenoxy) is 2. The Morgan fingerprint density at radius 3 is 2.61 bits per heavy atom. The molecule has 0 fully saturated rings. The molecule has 0 bridgehead atoms. The van der Waals surface area contributed by atoms with Crippen LogP contribution in [0.1, 0.15) is 28.9 Å². The molecule has 1 atom stereocenters. The third kappa shape index (κ3) is 5.83. The summed E-state index contributed by atoms with van der Waals surface area (Å²) in [6.07, 6.45) is 0. The van der Waals surface area contributed by atoms with Crippen molar-refractivity contribution in [1.29, 1.82) is 0 Å². The zero-order valence-electron chi connectivity index (χ0n) is 18.3. The van der Waals surface area contributed by atoms with Gasteiger partial charge in [-0.05, 0) is 55.0 Å². The molecule has 2 aromatic carbocycles. The molecule has 0 saturated heterocycles. The predicted octanol–water partition coefficient (Wildman–Crippen LogP) is 4.57. The van der Waals surface area contributed by atoms with E-state index in [9.17, 15) is 9.59 Å². The number of hydrogen-bond acceptors (Lipinski definition) is 5. The van der Waals surface area contributed by atoms with Crippen molar-refractivity contribution >= 4 is 58.1 Å². The standard InChI is InChI=1S/C23H23Cl2N3O4S/c1-13-19(22(30)32-10-9-31-3)20(27-23(33)28(13)2)14-5-4-6-16(11-14)26-21(29)15-7-8-17(24)18(25)12-15/h4-8,11-12,20H,9-10H2,1-3H3,(H,26,29)(H,27,33). The van der Waals surface area contributed by atoms with Gasteiger partial charge in [-0.2, -0.15) is 0 Å². The second-order valence-electron chi connectivity index (χ2n) is 7.28. The number of nitrogens with one attached hydrogen (secondary N) is 2. The third-order valence-corrected chi connectivity index (χ3v) is 6.28. The molecule has 10 heteroatoms. The molecule has 1 aliphatic heterocycles. The van der Waals surface area contributed by atoms with E-state index in [-0.39, 0.29) is 12.5 Å². The largest absolute Gasteiger partial charge is 0.460 e. The number of benzene rings is 2. The molecule has 1 amide bonds. The molecule has 0 saturated carbocycles. The summed E-state index contributed by atoms with van der Waals surface area (Å²) in [6.45, 7) is 2.23. The van der Waals surface area contributed by atoms with Crippen LogP contribution >= 0.6 is 35.4 Å². The molecule has 0 aliphatic carbocycles. The molecule has 3 rings (SSSR count). The van der Waals surface area contributed by atoms with E-state index in [1.165, 1.54) is 13.2 Å². The van der Waals surface area contributed by atoms with Gasteiger partial charge in [-0.25, -0.2) is 4.79 Å². The van der Waals surface area contributed by atoms with E-state index in [1.54, 1.807) is 42.3 Å². The maximum atomic E-state index is 12.9. The predicted molar refractivity (Wildman–Crippen MR) is 133 cm³/mol. The molecule has 7 nitrogen and oxygen atoms in total. The molecular weight excluding hydrogens is 485 g/mol. The molecule has 0 radical (unpaired) electrons. The van der Waals surface area contributed by atoms with Crippen LogP contribution < -0.4 is 10.6 Å². The highest BCUT2D eigenvalue weighted by Gasteiger charge is 2.33. The second-order valence-corrected chi connectivity index (χ2v) is 8.48. The van der Waals surface area contributed by atoms with Crippen molar-refractivity contribution in [3.05, 3.63) is 74.9 Å². The van der Waals surface area contributed by atoms with E-state index in [1.807, 2.05) is 13.0 Å². The fourth-order valence-electron chi connectivity index (χ4n) is 3.28. The number of halogens is 2. The van der Waals surface area contributed by atoms with Crippen molar-refractivity contribution < 1.29 is 19.1 Å². The van der Waals surface area contributed by atoms with Crippen LogP contribution in [0.3, 0.4) is 0 Å². The summed E-state index contributed by atoms with van der Waals surface area (Å²) in [6, 6.07) is 11.3. The molecule has 2 N–H and O–H groups in total. The Hall–Kier alpha value is -2.65. The number of allylic oxidation sites excluding steroid dienone is 1. The van der Waals surface area contributed by atoms with E-state index < -0.39 is 12.0 Å². The lowest BCUT2D eigenvalue weighted by Crippen LogP contribution is -2.46. The smallest absolute Gasteiger partial charge is 0.338 e. The highest BCUT2D eigenvalue weighted by Crippen LogP contribution is 2.32. The van der Waals surface area contributed by atoms with E-state index in [2.05, 4.69) is 10.6 Å². The summed E-state index contributed by atoms with van der Waals surface area (Å²) in [5.74, 6) is -0.815. The normalized spacial score (nSPS) is 15.8. The number of esters is 1. The number of carbonyl (C=O) groups excluding carboxylic acids is 2. The minimum atomic E-state index is -0.550. The van der Waals surface area contributed by atoms with Gasteiger partial charge in [0.15, 0.2) is 5.11 Å². The monoisotopic (exact) mass is 507 g/mol. The first kappa shape index (κ1) is 25.0. The van der Waals surface area contributed by atoms with Gasteiger partial charge >= 0.3 is 5.97 Å². The van der Waals surface area contributed by atoms with Crippen LogP contribution in [-0.4, -0.2) is 49.3 Å². The summed E-state index contributed by atoms with van der Waals surface area (Å²) in [4.78, 5) is 27.3. The molecule has 1 aliphatic rings. The molecule has 1 heterocycles. The lowest BCUT2D eigenvalue weighted by Gasteiger charge is -2.35. The number of carbonyl (C=O) groups is 2. The third-order valence-electron chi connectivity index (χ3n) is 5.15. The molecule has 0 spiro atoms. The van der Waals surface area contributed by atoms with E-state index in [0.717, 1.165) is 5.56 Å². The van der Waals surface area contributed by atoms with E-state index in [0.29, 0.717) is 44.3 Å². The van der Waals surface area contributed by atoms with Crippen LogP contribution in [0, 0.1) is 0 Å². The number of amides is 1. The highest BCUT2D eigenvalue weighted by molar-refractivity contribution is 7.80. The van der Waals surface area contributed by atoms with Crippen molar-refractivity contribution in [2.75, 3.05) is 32.7 Å². The fraction of sp³-hybridized carbons (Fsp3) is 0.261. The fourth-order valence-corrected chi connectivity index (χ4v) is 3.83. The minimum Gasteiger partial charge on any atom is -0.460 e. The Morgan fingerprint density at radius 1 is 1.15 bits per heavy atom. The summed E-state index contributed by atoms with van der Waals surface area (Å²) in [7, 11) is 3.31. The zero-order valence-corrected chi connectivity index (χ0v) is 20.6. The van der Waals surface area contributed by atoms with Gasteiger partial charge in [0, 0.05) is 31.1 Å². The highest BCUT2D eigenvalue weighted by atomic mass is 35.5. The average molecular weight is 508 g/mol. The average Bonchev–Trinajstić information content (AvgIpc) is 2.79. The van der Waals surface area contributed by atoms with Gasteiger partial charge in [0.05, 0.1) is 28.3 Å². The summed E-state index contributed by atoms with van der Waals surface area (Å²) in [5.41, 5.74) is 2.74. The van der Waals surface area contributed by atoms with Gasteiger partial charge in [0.1, 0.15) is 6.61 Å². The summed E-state index contributed by atoms with van der Waals surface area (Å²) >= 11 is 17.4. The first-order chi connectivity index (χ1) is 15.7. The van der Waals surface area contributed by atoms with Crippen molar-refractivity contribution in [3.8, 4) is 0 Å².